The summed E-state index contributed by atoms with van der Waals surface area (Å²) in [5, 5.41) is 8.67. The lowest BCUT2D eigenvalue weighted by atomic mass is 10.2. The molecule has 0 aromatic carbocycles. The van der Waals surface area contributed by atoms with Crippen molar-refractivity contribution in [2.75, 3.05) is 0 Å². The van der Waals surface area contributed by atoms with E-state index in [1.807, 2.05) is 6.92 Å². The van der Waals surface area contributed by atoms with Crippen LogP contribution in [-0.2, 0) is 14.3 Å². The van der Waals surface area contributed by atoms with Crippen molar-refractivity contribution in [3.63, 3.8) is 0 Å². The average Bonchev–Trinajstić information content (AvgIpc) is 2.10. The Kier molecular flexibility index (Phi) is 5.29. The zero-order chi connectivity index (χ0) is 11.1. The second-order valence-corrected chi connectivity index (χ2v) is 2.88. The van der Waals surface area contributed by atoms with E-state index in [4.69, 9.17) is 5.11 Å². The first-order chi connectivity index (χ1) is 6.49. The fourth-order valence-corrected chi connectivity index (χ4v) is 0.711. The van der Waals surface area contributed by atoms with E-state index in [1.54, 1.807) is 0 Å². The Morgan fingerprint density at radius 2 is 2.07 bits per heavy atom. The Labute approximate surface area is 82.9 Å². The van der Waals surface area contributed by atoms with E-state index >= 15 is 0 Å². The molecule has 0 saturated heterocycles. The van der Waals surface area contributed by atoms with Gasteiger partial charge in [-0.1, -0.05) is 19.9 Å². The lowest BCUT2D eigenvalue weighted by Gasteiger charge is -2.01. The summed E-state index contributed by atoms with van der Waals surface area (Å²) < 4.78 is 4.60. The van der Waals surface area contributed by atoms with Gasteiger partial charge in [-0.15, -0.1) is 0 Å². The molecule has 0 aliphatic heterocycles. The number of carboxylic acids is 1. The van der Waals surface area contributed by atoms with E-state index in [0.29, 0.717) is 12.8 Å². The van der Waals surface area contributed by atoms with Crippen LogP contribution in [0.15, 0.2) is 24.0 Å². The van der Waals surface area contributed by atoms with Crippen LogP contribution >= 0.6 is 0 Å². The Morgan fingerprint density at radius 1 is 1.50 bits per heavy atom. The molecule has 0 heterocycles. The van der Waals surface area contributed by atoms with Gasteiger partial charge in [-0.25, -0.2) is 9.59 Å². The van der Waals surface area contributed by atoms with Crippen LogP contribution in [0.25, 0.3) is 0 Å². The third-order valence-electron chi connectivity index (χ3n) is 1.45. The molecule has 4 heteroatoms. The normalized spacial score (nSPS) is 10.9. The highest BCUT2D eigenvalue weighted by molar-refractivity contribution is 5.89. The van der Waals surface area contributed by atoms with Gasteiger partial charge in [0.2, 0.25) is 0 Å². The largest absolute Gasteiger partial charge is 0.478 e. The summed E-state index contributed by atoms with van der Waals surface area (Å²) in [5.41, 5.74) is 0.324. The first-order valence-corrected chi connectivity index (χ1v) is 4.27. The quantitative estimate of drug-likeness (QED) is 0.416. The highest BCUT2D eigenvalue weighted by Gasteiger charge is 2.08. The molecule has 0 aromatic rings. The van der Waals surface area contributed by atoms with Crippen molar-refractivity contribution < 1.29 is 19.4 Å². The number of hydrogen-bond donors (Lipinski definition) is 1. The van der Waals surface area contributed by atoms with E-state index in [2.05, 4.69) is 11.3 Å². The molecule has 0 aliphatic carbocycles. The number of carbonyl (C=O) groups is 2. The first kappa shape index (κ1) is 12.4. The average molecular weight is 198 g/mol. The van der Waals surface area contributed by atoms with Crippen LogP contribution in [0.5, 0.6) is 0 Å². The number of rotatable bonds is 5. The molecular weight excluding hydrogens is 184 g/mol. The third kappa shape index (κ3) is 4.45. The monoisotopic (exact) mass is 198 g/mol. The van der Waals surface area contributed by atoms with E-state index in [-0.39, 0.29) is 11.1 Å². The van der Waals surface area contributed by atoms with Gasteiger partial charge in [-0.2, -0.15) is 0 Å². The van der Waals surface area contributed by atoms with Crippen molar-refractivity contribution in [2.45, 2.75) is 26.7 Å². The zero-order valence-electron chi connectivity index (χ0n) is 8.37. The zero-order valence-corrected chi connectivity index (χ0v) is 8.37. The summed E-state index contributed by atoms with van der Waals surface area (Å²) in [5.74, 6) is -1.68. The summed E-state index contributed by atoms with van der Waals surface area (Å²) in [6, 6.07) is 0. The highest BCUT2D eigenvalue weighted by Crippen LogP contribution is 2.06. The molecule has 0 rings (SSSR count). The highest BCUT2D eigenvalue weighted by atomic mass is 16.5. The molecule has 0 spiro atoms. The smallest absolute Gasteiger partial charge is 0.337 e. The van der Waals surface area contributed by atoms with Gasteiger partial charge in [0.05, 0.1) is 5.57 Å². The number of esters is 1. The third-order valence-corrected chi connectivity index (χ3v) is 1.45. The molecule has 0 fully saturated rings. The van der Waals surface area contributed by atoms with Gasteiger partial charge in [0.15, 0.2) is 0 Å². The topological polar surface area (TPSA) is 63.6 Å². The van der Waals surface area contributed by atoms with Crippen molar-refractivity contribution in [2.24, 2.45) is 0 Å². The SMILES string of the molecule is C=C(C)C(=O)OC=C(CCC)C(=O)O. The Bertz CT molecular complexity index is 276. The van der Waals surface area contributed by atoms with Crippen molar-refractivity contribution in [3.8, 4) is 0 Å². The predicted octanol–water partition coefficient (Wildman–Crippen LogP) is 1.87. The maximum absolute atomic E-state index is 10.9. The van der Waals surface area contributed by atoms with Crippen molar-refractivity contribution in [1.82, 2.24) is 0 Å². The second-order valence-electron chi connectivity index (χ2n) is 2.88. The minimum Gasteiger partial charge on any atom is -0.478 e. The van der Waals surface area contributed by atoms with Crippen LogP contribution in [0.3, 0.4) is 0 Å². The molecule has 4 nitrogen and oxygen atoms in total. The van der Waals surface area contributed by atoms with E-state index in [1.165, 1.54) is 6.92 Å². The molecule has 0 amide bonds. The Hall–Kier alpha value is -1.58. The lowest BCUT2D eigenvalue weighted by molar-refractivity contribution is -0.134. The minimum atomic E-state index is -1.07. The molecule has 0 unspecified atom stereocenters. The van der Waals surface area contributed by atoms with Gasteiger partial charge in [-0.3, -0.25) is 0 Å². The molecule has 0 bridgehead atoms. The second kappa shape index (κ2) is 5.96. The fraction of sp³-hybridized carbons (Fsp3) is 0.400. The predicted molar refractivity (Wildman–Crippen MR) is 51.5 cm³/mol. The van der Waals surface area contributed by atoms with Gasteiger partial charge < -0.3 is 9.84 Å². The number of hydrogen-bond acceptors (Lipinski definition) is 3. The maximum atomic E-state index is 10.9. The van der Waals surface area contributed by atoms with Gasteiger partial charge in [0, 0.05) is 5.57 Å². The van der Waals surface area contributed by atoms with Crippen molar-refractivity contribution in [3.05, 3.63) is 24.0 Å². The van der Waals surface area contributed by atoms with E-state index in [0.717, 1.165) is 6.26 Å². The molecule has 0 radical (unpaired) electrons. The van der Waals surface area contributed by atoms with Gasteiger partial charge in [0.1, 0.15) is 6.26 Å². The summed E-state index contributed by atoms with van der Waals surface area (Å²) in [4.78, 5) is 21.5. The summed E-state index contributed by atoms with van der Waals surface area (Å²) >= 11 is 0. The van der Waals surface area contributed by atoms with E-state index < -0.39 is 11.9 Å². The van der Waals surface area contributed by atoms with Crippen LogP contribution in [0, 0.1) is 0 Å². The molecular formula is C10H14O4. The molecule has 0 aromatic heterocycles. The van der Waals surface area contributed by atoms with Crippen LogP contribution in [0.1, 0.15) is 26.7 Å². The summed E-state index contributed by atoms with van der Waals surface area (Å²) in [6.45, 7) is 6.71. The van der Waals surface area contributed by atoms with Crippen LogP contribution in [0.4, 0.5) is 0 Å². The molecule has 78 valence electrons. The van der Waals surface area contributed by atoms with Gasteiger partial charge >= 0.3 is 11.9 Å². The fourth-order valence-electron chi connectivity index (χ4n) is 0.711. The standard InChI is InChI=1S/C10H14O4/c1-4-5-8(9(11)12)6-14-10(13)7(2)3/h6H,2,4-5H2,1,3H3,(H,11,12). The first-order valence-electron chi connectivity index (χ1n) is 4.27. The van der Waals surface area contributed by atoms with Crippen LogP contribution in [0.2, 0.25) is 0 Å². The van der Waals surface area contributed by atoms with E-state index in [9.17, 15) is 9.59 Å². The maximum Gasteiger partial charge on any atom is 0.337 e. The number of ether oxygens (including phenoxy) is 1. The van der Waals surface area contributed by atoms with Gasteiger partial charge in [0.25, 0.3) is 0 Å². The van der Waals surface area contributed by atoms with Crippen LogP contribution in [-0.4, -0.2) is 17.0 Å². The van der Waals surface area contributed by atoms with Crippen LogP contribution < -0.4 is 0 Å². The van der Waals surface area contributed by atoms with Crippen molar-refractivity contribution >= 4 is 11.9 Å². The minimum absolute atomic E-state index is 0.0853. The lowest BCUT2D eigenvalue weighted by Crippen LogP contribution is -2.05. The number of carbonyl (C=O) groups excluding carboxylic acids is 1. The molecule has 0 aliphatic rings. The Morgan fingerprint density at radius 3 is 2.43 bits per heavy atom. The summed E-state index contributed by atoms with van der Waals surface area (Å²) in [6.07, 6.45) is 2.03. The Balaban J connectivity index is 4.37. The molecule has 14 heavy (non-hydrogen) atoms. The molecule has 0 atom stereocenters. The molecule has 1 N–H and O–H groups in total. The number of carboxylic acid groups (broad SMARTS) is 1. The van der Waals surface area contributed by atoms with Crippen molar-refractivity contribution in [1.29, 1.82) is 0 Å². The molecule has 0 saturated carbocycles. The van der Waals surface area contributed by atoms with Gasteiger partial charge in [-0.05, 0) is 13.3 Å². The summed E-state index contributed by atoms with van der Waals surface area (Å²) in [7, 11) is 0. The number of aliphatic carboxylic acids is 1.